The lowest BCUT2D eigenvalue weighted by Gasteiger charge is -2.47. The van der Waals surface area contributed by atoms with E-state index in [-0.39, 0.29) is 40.8 Å². The molecule has 0 bridgehead atoms. The number of carbonyl (C=O) groups is 3. The summed E-state index contributed by atoms with van der Waals surface area (Å²) < 4.78 is 22.7. The smallest absolute Gasteiger partial charge is 0.317 e. The van der Waals surface area contributed by atoms with Crippen molar-refractivity contribution in [2.24, 2.45) is 0 Å². The van der Waals surface area contributed by atoms with Gasteiger partial charge in [-0.05, 0) is 47.5 Å². The molecule has 3 N–H and O–H groups in total. The van der Waals surface area contributed by atoms with Crippen LogP contribution in [0.15, 0.2) is 54.6 Å². The predicted molar refractivity (Wildman–Crippen MR) is 163 cm³/mol. The van der Waals surface area contributed by atoms with Crippen LogP contribution in [-0.4, -0.2) is 49.0 Å². The molecule has 224 valence electrons. The lowest BCUT2D eigenvalue weighted by atomic mass is 9.59. The Hall–Kier alpha value is -3.53. The maximum Gasteiger partial charge on any atom is 0.317 e. The minimum Gasteiger partial charge on any atom is -0.490 e. The van der Waals surface area contributed by atoms with Gasteiger partial charge in [-0.1, -0.05) is 53.0 Å². The van der Waals surface area contributed by atoms with Gasteiger partial charge in [-0.25, -0.2) is 9.18 Å². The van der Waals surface area contributed by atoms with Crippen LogP contribution in [0.2, 0.25) is 15.1 Å². The van der Waals surface area contributed by atoms with E-state index in [1.54, 1.807) is 60.5 Å². The first-order valence-electron chi connectivity index (χ1n) is 13.9. The normalized spacial score (nSPS) is 23.5. The molecule has 3 atom stereocenters. The Morgan fingerprint density at radius 3 is 2.51 bits per heavy atom. The van der Waals surface area contributed by atoms with Crippen molar-refractivity contribution < 1.29 is 23.5 Å². The van der Waals surface area contributed by atoms with Crippen molar-refractivity contribution in [2.45, 2.75) is 42.7 Å². The number of amides is 4. The first-order chi connectivity index (χ1) is 20.6. The van der Waals surface area contributed by atoms with Crippen LogP contribution in [0.25, 0.3) is 0 Å². The number of piperidine rings is 2. The summed E-state index contributed by atoms with van der Waals surface area (Å²) in [4.78, 5) is 41.5. The van der Waals surface area contributed by atoms with Gasteiger partial charge in [0.25, 0.3) is 0 Å². The number of fused-ring (bicyclic) bond motifs is 2. The zero-order chi connectivity index (χ0) is 30.5. The molecular formula is C31H28Cl3FN4O4. The van der Waals surface area contributed by atoms with Crippen LogP contribution in [0.4, 0.5) is 14.9 Å². The lowest BCUT2D eigenvalue weighted by Crippen LogP contribution is -2.57. The summed E-state index contributed by atoms with van der Waals surface area (Å²) in [5, 5.41) is 9.16. The summed E-state index contributed by atoms with van der Waals surface area (Å²) in [7, 11) is 1.57. The van der Waals surface area contributed by atoms with Crippen LogP contribution in [0.1, 0.15) is 47.9 Å². The second kappa shape index (κ2) is 11.5. The predicted octanol–water partition coefficient (Wildman–Crippen LogP) is 6.20. The number of urea groups is 1. The SMILES string of the molecule is CNC(=O)N1CCC(Oc2ccc(Cl)c(F)c2[C@@H]2NC(=O)C[C@@H](c3cccc(Cl)c3)[C@]23C(=O)Nc2cc(Cl)ccc23)CC1. The van der Waals surface area contributed by atoms with Crippen LogP contribution in [-0.2, 0) is 15.0 Å². The third-order valence-corrected chi connectivity index (χ3v) is 9.38. The first-order valence-corrected chi connectivity index (χ1v) is 15.0. The molecule has 3 aromatic carbocycles. The number of halogens is 4. The molecule has 0 unspecified atom stereocenters. The molecule has 0 radical (unpaired) electrons. The molecule has 3 heterocycles. The minimum atomic E-state index is -1.51. The van der Waals surface area contributed by atoms with Crippen LogP contribution in [0.3, 0.4) is 0 Å². The monoisotopic (exact) mass is 644 g/mol. The molecule has 0 aliphatic carbocycles. The van der Waals surface area contributed by atoms with Gasteiger partial charge in [-0.3, -0.25) is 9.59 Å². The third kappa shape index (κ3) is 5.07. The quantitative estimate of drug-likeness (QED) is 0.315. The van der Waals surface area contributed by atoms with Gasteiger partial charge in [0.15, 0.2) is 5.82 Å². The van der Waals surface area contributed by atoms with E-state index in [4.69, 9.17) is 39.5 Å². The molecule has 0 aromatic heterocycles. The van der Waals surface area contributed by atoms with Crippen molar-refractivity contribution in [3.8, 4) is 5.75 Å². The van der Waals surface area contributed by atoms with Crippen LogP contribution >= 0.6 is 34.8 Å². The van der Waals surface area contributed by atoms with Crippen molar-refractivity contribution in [1.29, 1.82) is 0 Å². The van der Waals surface area contributed by atoms with Crippen molar-refractivity contribution in [3.63, 3.8) is 0 Å². The van der Waals surface area contributed by atoms with E-state index >= 15 is 4.39 Å². The average Bonchev–Trinajstić information content (AvgIpc) is 3.27. The maximum absolute atomic E-state index is 16.3. The Labute approximate surface area is 262 Å². The van der Waals surface area contributed by atoms with Crippen molar-refractivity contribution >= 4 is 58.3 Å². The van der Waals surface area contributed by atoms with E-state index in [0.29, 0.717) is 52.8 Å². The van der Waals surface area contributed by atoms with Crippen LogP contribution in [0.5, 0.6) is 5.75 Å². The Morgan fingerprint density at radius 1 is 1.05 bits per heavy atom. The molecule has 3 aromatic rings. The topological polar surface area (TPSA) is 99.8 Å². The largest absolute Gasteiger partial charge is 0.490 e. The highest BCUT2D eigenvalue weighted by atomic mass is 35.5. The molecule has 3 aliphatic rings. The van der Waals surface area contributed by atoms with Gasteiger partial charge in [-0.15, -0.1) is 0 Å². The number of carbonyl (C=O) groups excluding carboxylic acids is 3. The van der Waals surface area contributed by atoms with Gasteiger partial charge >= 0.3 is 6.03 Å². The van der Waals surface area contributed by atoms with Gasteiger partial charge in [0.2, 0.25) is 11.8 Å². The maximum atomic E-state index is 16.3. The molecule has 43 heavy (non-hydrogen) atoms. The number of likely N-dealkylation sites (tertiary alicyclic amines) is 1. The first kappa shape index (κ1) is 29.5. The van der Waals surface area contributed by atoms with E-state index in [1.807, 2.05) is 0 Å². The lowest BCUT2D eigenvalue weighted by molar-refractivity contribution is -0.131. The van der Waals surface area contributed by atoms with E-state index < -0.39 is 29.1 Å². The summed E-state index contributed by atoms with van der Waals surface area (Å²) in [6, 6.07) is 13.6. The molecule has 2 saturated heterocycles. The molecule has 0 saturated carbocycles. The fourth-order valence-electron chi connectivity index (χ4n) is 6.68. The van der Waals surface area contributed by atoms with Crippen molar-refractivity contribution in [3.05, 3.63) is 92.2 Å². The van der Waals surface area contributed by atoms with E-state index in [1.165, 1.54) is 6.07 Å². The minimum absolute atomic E-state index is 0.0285. The van der Waals surface area contributed by atoms with E-state index in [0.717, 1.165) is 0 Å². The average molecular weight is 646 g/mol. The summed E-state index contributed by atoms with van der Waals surface area (Å²) in [6.07, 6.45) is 0.615. The molecule has 12 heteroatoms. The molecule has 4 amide bonds. The Balaban J connectivity index is 1.51. The fourth-order valence-corrected chi connectivity index (χ4v) is 7.22. The Bertz CT molecular complexity index is 1630. The van der Waals surface area contributed by atoms with Crippen molar-refractivity contribution in [1.82, 2.24) is 15.5 Å². The zero-order valence-electron chi connectivity index (χ0n) is 23.1. The van der Waals surface area contributed by atoms with Crippen molar-refractivity contribution in [2.75, 3.05) is 25.5 Å². The zero-order valence-corrected chi connectivity index (χ0v) is 25.3. The number of hydrogen-bond donors (Lipinski definition) is 3. The number of benzene rings is 3. The molecule has 8 nitrogen and oxygen atoms in total. The van der Waals surface area contributed by atoms with Gasteiger partial charge in [0.1, 0.15) is 17.3 Å². The highest BCUT2D eigenvalue weighted by molar-refractivity contribution is 6.31. The van der Waals surface area contributed by atoms with E-state index in [2.05, 4.69) is 16.0 Å². The third-order valence-electron chi connectivity index (χ3n) is 8.62. The molecular weight excluding hydrogens is 618 g/mol. The summed E-state index contributed by atoms with van der Waals surface area (Å²) >= 11 is 19.0. The van der Waals surface area contributed by atoms with Gasteiger partial charge in [-0.2, -0.15) is 0 Å². The van der Waals surface area contributed by atoms with E-state index in [9.17, 15) is 14.4 Å². The molecule has 3 aliphatic heterocycles. The highest BCUT2D eigenvalue weighted by Gasteiger charge is 2.62. The molecule has 6 rings (SSSR count). The summed E-state index contributed by atoms with van der Waals surface area (Å²) in [5.74, 6) is -2.17. The van der Waals surface area contributed by atoms with Gasteiger partial charge in [0.05, 0.1) is 16.6 Å². The van der Waals surface area contributed by atoms with Gasteiger partial charge in [0, 0.05) is 61.1 Å². The Morgan fingerprint density at radius 2 is 1.79 bits per heavy atom. The standard InChI is InChI=1S/C31H28Cl3FN4O4/c1-36-30(42)39-11-9-19(10-12-39)43-24-8-7-22(34)27(35)26(24)28-31(20-6-5-18(33)14-23(20)37-29(31)41)21(15-25(40)38-28)16-3-2-4-17(32)13-16/h2-8,13-14,19,21,28H,9-12,15H2,1H3,(H,36,42)(H,37,41)(H,38,40)/t21-,28-,31-/m0/s1. The van der Waals surface area contributed by atoms with Crippen LogP contribution in [0, 0.1) is 5.82 Å². The fraction of sp³-hybridized carbons (Fsp3) is 0.323. The number of anilines is 1. The molecule has 2 fully saturated rings. The number of ether oxygens (including phenoxy) is 1. The number of nitrogens with zero attached hydrogens (tertiary/aromatic N) is 1. The number of hydrogen-bond acceptors (Lipinski definition) is 4. The number of rotatable bonds is 4. The summed E-state index contributed by atoms with van der Waals surface area (Å²) in [6.45, 7) is 0.903. The number of nitrogens with one attached hydrogen (secondary N) is 3. The van der Waals surface area contributed by atoms with Gasteiger partial charge < -0.3 is 25.6 Å². The highest BCUT2D eigenvalue weighted by Crippen LogP contribution is 2.59. The van der Waals surface area contributed by atoms with Crippen LogP contribution < -0.4 is 20.7 Å². The second-order valence-electron chi connectivity index (χ2n) is 11.0. The Kier molecular flexibility index (Phi) is 7.91. The molecule has 1 spiro atoms. The second-order valence-corrected chi connectivity index (χ2v) is 12.2. The summed E-state index contributed by atoms with van der Waals surface area (Å²) in [5.41, 5.74) is 0.138.